The first kappa shape index (κ1) is 11.9. The Hall–Kier alpha value is -1.13. The maximum absolute atomic E-state index is 5.57. The summed E-state index contributed by atoms with van der Waals surface area (Å²) in [7, 11) is 1.66. The predicted molar refractivity (Wildman–Crippen MR) is 59.0 cm³/mol. The molecule has 15 heavy (non-hydrogen) atoms. The third kappa shape index (κ3) is 4.27. The highest BCUT2D eigenvalue weighted by molar-refractivity contribution is 5.20. The molecule has 1 heterocycles. The number of nitrogens with zero attached hydrogens (tertiary/aromatic N) is 1. The van der Waals surface area contributed by atoms with Crippen LogP contribution in [0.2, 0.25) is 0 Å². The van der Waals surface area contributed by atoms with E-state index >= 15 is 0 Å². The van der Waals surface area contributed by atoms with Gasteiger partial charge in [0.2, 0.25) is 0 Å². The Morgan fingerprint density at radius 2 is 2.27 bits per heavy atom. The van der Waals surface area contributed by atoms with Gasteiger partial charge in [-0.2, -0.15) is 0 Å². The van der Waals surface area contributed by atoms with Crippen molar-refractivity contribution in [1.29, 1.82) is 0 Å². The summed E-state index contributed by atoms with van der Waals surface area (Å²) in [5.41, 5.74) is 6.42. The molecule has 0 bridgehead atoms. The van der Waals surface area contributed by atoms with Crippen molar-refractivity contribution in [1.82, 2.24) is 4.98 Å². The van der Waals surface area contributed by atoms with Gasteiger partial charge >= 0.3 is 0 Å². The molecule has 1 aromatic heterocycles. The number of pyridine rings is 1. The van der Waals surface area contributed by atoms with Crippen molar-refractivity contribution >= 4 is 0 Å². The Morgan fingerprint density at radius 1 is 1.47 bits per heavy atom. The van der Waals surface area contributed by atoms with E-state index in [1.54, 1.807) is 13.3 Å². The van der Waals surface area contributed by atoms with Crippen LogP contribution in [0.15, 0.2) is 18.3 Å². The van der Waals surface area contributed by atoms with E-state index in [1.165, 1.54) is 0 Å². The number of nitrogens with two attached hydrogens (primary N) is 1. The smallest absolute Gasteiger partial charge is 0.138 e. The highest BCUT2D eigenvalue weighted by Crippen LogP contribution is 2.11. The molecule has 0 radical (unpaired) electrons. The van der Waals surface area contributed by atoms with Crippen LogP contribution >= 0.6 is 0 Å². The SMILES string of the molecule is COCC(C)Oc1ccc(CCN)nc1. The Labute approximate surface area is 90.4 Å². The van der Waals surface area contributed by atoms with Crippen LogP contribution in [0.5, 0.6) is 5.75 Å². The zero-order chi connectivity index (χ0) is 11.1. The third-order valence-electron chi connectivity index (χ3n) is 1.94. The van der Waals surface area contributed by atoms with Gasteiger partial charge in [0.05, 0.1) is 12.8 Å². The maximum atomic E-state index is 5.57. The van der Waals surface area contributed by atoms with E-state index in [-0.39, 0.29) is 6.10 Å². The molecule has 0 aromatic carbocycles. The monoisotopic (exact) mass is 210 g/mol. The molecular formula is C11H18N2O2. The highest BCUT2D eigenvalue weighted by atomic mass is 16.5. The first-order valence-electron chi connectivity index (χ1n) is 5.07. The summed E-state index contributed by atoms with van der Waals surface area (Å²) >= 11 is 0. The summed E-state index contributed by atoms with van der Waals surface area (Å²) in [6.07, 6.45) is 2.56. The zero-order valence-corrected chi connectivity index (χ0v) is 9.27. The molecule has 0 aliphatic rings. The van der Waals surface area contributed by atoms with Gasteiger partial charge < -0.3 is 15.2 Å². The molecule has 0 amide bonds. The quantitative estimate of drug-likeness (QED) is 0.761. The van der Waals surface area contributed by atoms with Gasteiger partial charge in [-0.15, -0.1) is 0 Å². The average molecular weight is 210 g/mol. The van der Waals surface area contributed by atoms with Crippen LogP contribution in [-0.4, -0.2) is 31.3 Å². The summed E-state index contributed by atoms with van der Waals surface area (Å²) in [4.78, 5) is 4.24. The second kappa shape index (κ2) is 6.37. The van der Waals surface area contributed by atoms with E-state index in [4.69, 9.17) is 15.2 Å². The second-order valence-electron chi connectivity index (χ2n) is 3.41. The topological polar surface area (TPSA) is 57.4 Å². The lowest BCUT2D eigenvalue weighted by molar-refractivity contribution is 0.0918. The Bertz CT molecular complexity index is 274. The lowest BCUT2D eigenvalue weighted by Gasteiger charge is -2.13. The van der Waals surface area contributed by atoms with Gasteiger partial charge in [0.15, 0.2) is 0 Å². The maximum Gasteiger partial charge on any atom is 0.138 e. The van der Waals surface area contributed by atoms with Crippen molar-refractivity contribution in [2.75, 3.05) is 20.3 Å². The average Bonchev–Trinajstić information content (AvgIpc) is 2.22. The molecule has 0 spiro atoms. The second-order valence-corrected chi connectivity index (χ2v) is 3.41. The number of rotatable bonds is 6. The van der Waals surface area contributed by atoms with Crippen molar-refractivity contribution in [3.63, 3.8) is 0 Å². The number of aromatic nitrogens is 1. The van der Waals surface area contributed by atoms with Gasteiger partial charge in [0, 0.05) is 19.2 Å². The molecule has 0 fully saturated rings. The van der Waals surface area contributed by atoms with E-state index in [0.29, 0.717) is 13.2 Å². The predicted octanol–water partition coefficient (Wildman–Crippen LogP) is 0.996. The van der Waals surface area contributed by atoms with Crippen molar-refractivity contribution in [3.8, 4) is 5.75 Å². The van der Waals surface area contributed by atoms with Crippen molar-refractivity contribution < 1.29 is 9.47 Å². The molecule has 0 aliphatic heterocycles. The molecule has 2 N–H and O–H groups in total. The molecule has 4 heteroatoms. The third-order valence-corrected chi connectivity index (χ3v) is 1.94. The molecule has 1 unspecified atom stereocenters. The molecule has 0 aliphatic carbocycles. The first-order valence-corrected chi connectivity index (χ1v) is 5.07. The van der Waals surface area contributed by atoms with Crippen LogP contribution in [0.1, 0.15) is 12.6 Å². The van der Waals surface area contributed by atoms with Crippen molar-refractivity contribution in [2.24, 2.45) is 5.73 Å². The van der Waals surface area contributed by atoms with Crippen molar-refractivity contribution in [3.05, 3.63) is 24.0 Å². The van der Waals surface area contributed by atoms with E-state index in [9.17, 15) is 0 Å². The minimum Gasteiger partial charge on any atom is -0.487 e. The highest BCUT2D eigenvalue weighted by Gasteiger charge is 2.03. The van der Waals surface area contributed by atoms with Crippen LogP contribution in [0.3, 0.4) is 0 Å². The summed E-state index contributed by atoms with van der Waals surface area (Å²) < 4.78 is 10.5. The van der Waals surface area contributed by atoms with Gasteiger partial charge in [-0.25, -0.2) is 0 Å². The van der Waals surface area contributed by atoms with Crippen LogP contribution in [0, 0.1) is 0 Å². The molecule has 1 atom stereocenters. The zero-order valence-electron chi connectivity index (χ0n) is 9.27. The van der Waals surface area contributed by atoms with Gasteiger partial charge in [-0.3, -0.25) is 4.98 Å². The fourth-order valence-electron chi connectivity index (χ4n) is 1.28. The van der Waals surface area contributed by atoms with Gasteiger partial charge in [0.25, 0.3) is 0 Å². The Morgan fingerprint density at radius 3 is 2.80 bits per heavy atom. The fraction of sp³-hybridized carbons (Fsp3) is 0.545. The van der Waals surface area contributed by atoms with E-state index < -0.39 is 0 Å². The number of hydrogen-bond acceptors (Lipinski definition) is 4. The first-order chi connectivity index (χ1) is 7.26. The lowest BCUT2D eigenvalue weighted by atomic mass is 10.3. The van der Waals surface area contributed by atoms with Gasteiger partial charge in [0.1, 0.15) is 11.9 Å². The lowest BCUT2D eigenvalue weighted by Crippen LogP contribution is -2.18. The summed E-state index contributed by atoms with van der Waals surface area (Å²) in [5.74, 6) is 0.764. The normalized spacial score (nSPS) is 12.5. The molecule has 4 nitrogen and oxygen atoms in total. The minimum atomic E-state index is 0.0390. The largest absolute Gasteiger partial charge is 0.487 e. The minimum absolute atomic E-state index is 0.0390. The fourth-order valence-corrected chi connectivity index (χ4v) is 1.28. The van der Waals surface area contributed by atoms with E-state index in [1.807, 2.05) is 19.1 Å². The molecular weight excluding hydrogens is 192 g/mol. The van der Waals surface area contributed by atoms with Crippen LogP contribution in [0.4, 0.5) is 0 Å². The summed E-state index contributed by atoms with van der Waals surface area (Å²) in [6.45, 7) is 3.15. The van der Waals surface area contributed by atoms with Crippen LogP contribution in [0.25, 0.3) is 0 Å². The molecule has 1 aromatic rings. The Kier molecular flexibility index (Phi) is 5.07. The number of methoxy groups -OCH3 is 1. The number of ether oxygens (including phenoxy) is 2. The van der Waals surface area contributed by atoms with Crippen LogP contribution in [-0.2, 0) is 11.2 Å². The standard InChI is InChI=1S/C11H18N2O2/c1-9(8-14-2)15-11-4-3-10(5-6-12)13-7-11/h3-4,7,9H,5-6,8,12H2,1-2H3. The molecule has 0 saturated heterocycles. The van der Waals surface area contributed by atoms with E-state index in [0.717, 1.165) is 17.9 Å². The molecule has 1 rings (SSSR count). The molecule has 84 valence electrons. The van der Waals surface area contributed by atoms with Crippen molar-refractivity contribution in [2.45, 2.75) is 19.4 Å². The summed E-state index contributed by atoms with van der Waals surface area (Å²) in [5, 5.41) is 0. The van der Waals surface area contributed by atoms with Gasteiger partial charge in [-0.05, 0) is 25.6 Å². The van der Waals surface area contributed by atoms with E-state index in [2.05, 4.69) is 4.98 Å². The summed E-state index contributed by atoms with van der Waals surface area (Å²) in [6, 6.07) is 3.84. The number of hydrogen-bond donors (Lipinski definition) is 1. The molecule has 0 saturated carbocycles. The Balaban J connectivity index is 2.48. The van der Waals surface area contributed by atoms with Gasteiger partial charge in [-0.1, -0.05) is 0 Å². The van der Waals surface area contributed by atoms with Crippen LogP contribution < -0.4 is 10.5 Å².